The maximum Gasteiger partial charge on any atom is 0.231 e. The largest absolute Gasteiger partial charge is 0.305 e. The lowest BCUT2D eigenvalue weighted by molar-refractivity contribution is -0.119. The lowest BCUT2D eigenvalue weighted by Gasteiger charge is -2.01. The van der Waals surface area contributed by atoms with Crippen LogP contribution in [0.15, 0.2) is 17.3 Å². The number of carbonyl (C=O) groups excluding carboxylic acids is 1. The Kier molecular flexibility index (Phi) is 2.83. The summed E-state index contributed by atoms with van der Waals surface area (Å²) in [5.74, 6) is 0.905. The van der Waals surface area contributed by atoms with Crippen LogP contribution in [-0.2, 0) is 11.2 Å². The highest BCUT2D eigenvalue weighted by Crippen LogP contribution is 2.08. The van der Waals surface area contributed by atoms with Crippen molar-refractivity contribution in [2.45, 2.75) is 6.42 Å². The number of carbonyl (C=O) groups is 1. The first-order valence-electron chi connectivity index (χ1n) is 4.30. The van der Waals surface area contributed by atoms with Gasteiger partial charge >= 0.3 is 0 Å². The van der Waals surface area contributed by atoms with Gasteiger partial charge in [-0.1, -0.05) is 11.8 Å². The van der Waals surface area contributed by atoms with Crippen molar-refractivity contribution < 1.29 is 4.79 Å². The first kappa shape index (κ1) is 9.26. The molecule has 0 atom stereocenters. The summed E-state index contributed by atoms with van der Waals surface area (Å²) >= 11 is 1.58. The molecule has 2 N–H and O–H groups in total. The topological polar surface area (TPSA) is 70.1 Å². The standard InChI is InChI=1S/C8H10N4OS/c13-7(5-6-1-2-10-12-6)11-8-9-3-4-14-8/h1-2H,3-5H2,(H,10,12)(H,9,11,13). The predicted molar refractivity (Wildman–Crippen MR) is 55.2 cm³/mol. The molecule has 5 nitrogen and oxygen atoms in total. The molecular weight excluding hydrogens is 200 g/mol. The van der Waals surface area contributed by atoms with Gasteiger partial charge in [-0.2, -0.15) is 5.10 Å². The maximum absolute atomic E-state index is 11.4. The quantitative estimate of drug-likeness (QED) is 0.731. The van der Waals surface area contributed by atoms with E-state index in [0.29, 0.717) is 6.42 Å². The van der Waals surface area contributed by atoms with Gasteiger partial charge in [-0.05, 0) is 6.07 Å². The number of aliphatic imine (C=N–C) groups is 1. The number of hydrogen-bond acceptors (Lipinski definition) is 4. The second kappa shape index (κ2) is 4.28. The molecule has 0 bridgehead atoms. The van der Waals surface area contributed by atoms with Crippen molar-refractivity contribution in [3.8, 4) is 0 Å². The number of aromatic nitrogens is 2. The summed E-state index contributed by atoms with van der Waals surface area (Å²) < 4.78 is 0. The molecule has 0 saturated heterocycles. The number of H-pyrrole nitrogens is 1. The molecule has 2 heterocycles. The summed E-state index contributed by atoms with van der Waals surface area (Å²) in [5.41, 5.74) is 0.811. The van der Waals surface area contributed by atoms with Gasteiger partial charge in [0.2, 0.25) is 5.91 Å². The van der Waals surface area contributed by atoms with E-state index in [1.807, 2.05) is 0 Å². The molecular formula is C8H10N4OS. The van der Waals surface area contributed by atoms with Crippen LogP contribution >= 0.6 is 11.8 Å². The molecule has 0 aromatic carbocycles. The number of amidine groups is 1. The summed E-state index contributed by atoms with van der Waals surface area (Å²) in [6.45, 7) is 0.796. The molecule has 0 aliphatic carbocycles. The Morgan fingerprint density at radius 3 is 3.29 bits per heavy atom. The fourth-order valence-electron chi connectivity index (χ4n) is 1.13. The smallest absolute Gasteiger partial charge is 0.231 e. The molecule has 0 radical (unpaired) electrons. The monoisotopic (exact) mass is 210 g/mol. The first-order valence-corrected chi connectivity index (χ1v) is 5.28. The van der Waals surface area contributed by atoms with Crippen molar-refractivity contribution in [2.24, 2.45) is 4.99 Å². The molecule has 1 aliphatic heterocycles. The summed E-state index contributed by atoms with van der Waals surface area (Å²) in [7, 11) is 0. The van der Waals surface area contributed by atoms with Gasteiger partial charge in [0.05, 0.1) is 13.0 Å². The van der Waals surface area contributed by atoms with E-state index in [1.165, 1.54) is 0 Å². The summed E-state index contributed by atoms with van der Waals surface area (Å²) in [6.07, 6.45) is 1.95. The summed E-state index contributed by atoms with van der Waals surface area (Å²) in [5, 5.41) is 9.98. The highest BCUT2D eigenvalue weighted by atomic mass is 32.2. The Morgan fingerprint density at radius 2 is 2.64 bits per heavy atom. The second-order valence-electron chi connectivity index (χ2n) is 2.84. The number of nitrogens with zero attached hydrogens (tertiary/aromatic N) is 2. The van der Waals surface area contributed by atoms with E-state index in [-0.39, 0.29) is 5.91 Å². The molecule has 1 aromatic heterocycles. The SMILES string of the molecule is O=C(Cc1ccn[nH]1)NC1=NCCS1. The van der Waals surface area contributed by atoms with Crippen molar-refractivity contribution >= 4 is 22.8 Å². The normalized spacial score (nSPS) is 15.3. The third-order valence-corrected chi connectivity index (χ3v) is 2.63. The van der Waals surface area contributed by atoms with E-state index < -0.39 is 0 Å². The Labute approximate surface area is 85.4 Å². The van der Waals surface area contributed by atoms with E-state index >= 15 is 0 Å². The fourth-order valence-corrected chi connectivity index (χ4v) is 1.87. The minimum atomic E-state index is -0.0533. The number of rotatable bonds is 2. The molecule has 2 rings (SSSR count). The molecule has 1 amide bonds. The van der Waals surface area contributed by atoms with Gasteiger partial charge < -0.3 is 5.32 Å². The number of amides is 1. The number of thioether (sulfide) groups is 1. The molecule has 6 heteroatoms. The van der Waals surface area contributed by atoms with Crippen molar-refractivity contribution in [1.82, 2.24) is 15.5 Å². The molecule has 1 aliphatic rings. The zero-order chi connectivity index (χ0) is 9.80. The Morgan fingerprint density at radius 1 is 1.71 bits per heavy atom. The fraction of sp³-hybridized carbons (Fsp3) is 0.375. The summed E-state index contributed by atoms with van der Waals surface area (Å²) in [6, 6.07) is 1.78. The van der Waals surface area contributed by atoms with Crippen molar-refractivity contribution in [1.29, 1.82) is 0 Å². The van der Waals surface area contributed by atoms with Gasteiger partial charge in [0.15, 0.2) is 5.17 Å². The van der Waals surface area contributed by atoms with Crippen LogP contribution in [-0.4, -0.2) is 33.6 Å². The van der Waals surface area contributed by atoms with Crippen LogP contribution in [0.1, 0.15) is 5.69 Å². The highest BCUT2D eigenvalue weighted by Gasteiger charge is 2.11. The van der Waals surface area contributed by atoms with Crippen LogP contribution in [0.2, 0.25) is 0 Å². The van der Waals surface area contributed by atoms with E-state index in [2.05, 4.69) is 20.5 Å². The predicted octanol–water partition coefficient (Wildman–Crippen LogP) is 0.171. The summed E-state index contributed by atoms with van der Waals surface area (Å²) in [4.78, 5) is 15.5. The molecule has 0 unspecified atom stereocenters. The van der Waals surface area contributed by atoms with Gasteiger partial charge in [0.1, 0.15) is 0 Å². The molecule has 14 heavy (non-hydrogen) atoms. The van der Waals surface area contributed by atoms with Gasteiger partial charge in [-0.15, -0.1) is 0 Å². The van der Waals surface area contributed by atoms with E-state index in [9.17, 15) is 4.79 Å². The van der Waals surface area contributed by atoms with Crippen LogP contribution in [0, 0.1) is 0 Å². The first-order chi connectivity index (χ1) is 6.84. The molecule has 1 aromatic rings. The van der Waals surface area contributed by atoms with E-state index in [1.54, 1.807) is 24.0 Å². The molecule has 0 fully saturated rings. The average Bonchev–Trinajstić information content (AvgIpc) is 2.76. The lowest BCUT2D eigenvalue weighted by atomic mass is 10.3. The van der Waals surface area contributed by atoms with Gasteiger partial charge in [-0.25, -0.2) is 0 Å². The van der Waals surface area contributed by atoms with Crippen LogP contribution in [0.5, 0.6) is 0 Å². The van der Waals surface area contributed by atoms with Crippen molar-refractivity contribution in [3.05, 3.63) is 18.0 Å². The van der Waals surface area contributed by atoms with Gasteiger partial charge in [0.25, 0.3) is 0 Å². The minimum absolute atomic E-state index is 0.0533. The number of nitrogens with one attached hydrogen (secondary N) is 2. The van der Waals surface area contributed by atoms with Crippen LogP contribution in [0.4, 0.5) is 0 Å². The van der Waals surface area contributed by atoms with Gasteiger partial charge in [0, 0.05) is 17.6 Å². The van der Waals surface area contributed by atoms with Crippen molar-refractivity contribution in [2.75, 3.05) is 12.3 Å². The van der Waals surface area contributed by atoms with Crippen molar-refractivity contribution in [3.63, 3.8) is 0 Å². The molecule has 0 spiro atoms. The number of hydrogen-bond donors (Lipinski definition) is 2. The zero-order valence-electron chi connectivity index (χ0n) is 7.49. The Bertz CT molecular complexity index is 346. The van der Waals surface area contributed by atoms with Crippen LogP contribution in [0.3, 0.4) is 0 Å². The van der Waals surface area contributed by atoms with Gasteiger partial charge in [-0.3, -0.25) is 14.9 Å². The van der Waals surface area contributed by atoms with Crippen LogP contribution < -0.4 is 5.32 Å². The third-order valence-electron chi connectivity index (χ3n) is 1.74. The third kappa shape index (κ3) is 2.35. The molecule has 74 valence electrons. The maximum atomic E-state index is 11.4. The zero-order valence-corrected chi connectivity index (χ0v) is 8.30. The minimum Gasteiger partial charge on any atom is -0.305 e. The van der Waals surface area contributed by atoms with Crippen LogP contribution in [0.25, 0.3) is 0 Å². The van der Waals surface area contributed by atoms with E-state index in [4.69, 9.17) is 0 Å². The van der Waals surface area contributed by atoms with E-state index in [0.717, 1.165) is 23.2 Å². The lowest BCUT2D eigenvalue weighted by Crippen LogP contribution is -2.28. The Hall–Kier alpha value is -1.30. The highest BCUT2D eigenvalue weighted by molar-refractivity contribution is 8.14. The Balaban J connectivity index is 1.84. The second-order valence-corrected chi connectivity index (χ2v) is 3.93. The average molecular weight is 210 g/mol. The number of aromatic amines is 1. The molecule has 0 saturated carbocycles.